The third-order valence-corrected chi connectivity index (χ3v) is 5.00. The molecule has 0 aliphatic rings. The van der Waals surface area contributed by atoms with Crippen LogP contribution in [0.1, 0.15) is 42.8 Å². The van der Waals surface area contributed by atoms with Gasteiger partial charge in [0.2, 0.25) is 0 Å². The first-order valence-corrected chi connectivity index (χ1v) is 8.51. The second kappa shape index (κ2) is 6.21. The van der Waals surface area contributed by atoms with Gasteiger partial charge in [0.05, 0.1) is 5.38 Å². The fourth-order valence-electron chi connectivity index (χ4n) is 2.04. The molecule has 0 fully saturated rings. The van der Waals surface area contributed by atoms with Gasteiger partial charge in [-0.1, -0.05) is 76.9 Å². The summed E-state index contributed by atoms with van der Waals surface area (Å²) in [5.41, 5.74) is 3.66. The van der Waals surface area contributed by atoms with Crippen molar-refractivity contribution in [2.45, 2.75) is 31.6 Å². The fraction of sp³-hybridized carbons (Fsp3) is 0.294. The van der Waals surface area contributed by atoms with Gasteiger partial charge >= 0.3 is 0 Å². The van der Waals surface area contributed by atoms with Crippen molar-refractivity contribution in [3.8, 4) is 0 Å². The van der Waals surface area contributed by atoms with Gasteiger partial charge in [-0.3, -0.25) is 0 Å². The van der Waals surface area contributed by atoms with Crippen LogP contribution in [0.15, 0.2) is 51.4 Å². The minimum atomic E-state index is -0.157. The summed E-state index contributed by atoms with van der Waals surface area (Å²) in [4.78, 5) is 0. The lowest BCUT2D eigenvalue weighted by molar-refractivity contribution is 0.590. The first kappa shape index (κ1) is 16.1. The van der Waals surface area contributed by atoms with Crippen molar-refractivity contribution in [3.63, 3.8) is 0 Å². The highest BCUT2D eigenvalue weighted by molar-refractivity contribution is 9.11. The monoisotopic (exact) mass is 414 g/mol. The molecule has 0 nitrogen and oxygen atoms in total. The van der Waals surface area contributed by atoms with Crippen molar-refractivity contribution in [1.82, 2.24) is 0 Å². The van der Waals surface area contributed by atoms with Gasteiger partial charge in [-0.25, -0.2) is 0 Å². The summed E-state index contributed by atoms with van der Waals surface area (Å²) in [6.45, 7) is 6.64. The molecule has 0 aromatic heterocycles. The van der Waals surface area contributed by atoms with Crippen LogP contribution >= 0.6 is 43.5 Å². The third-order valence-electron chi connectivity index (χ3n) is 3.30. The van der Waals surface area contributed by atoms with Crippen molar-refractivity contribution in [2.75, 3.05) is 0 Å². The highest BCUT2D eigenvalue weighted by Crippen LogP contribution is 2.36. The molecule has 1 unspecified atom stereocenters. The van der Waals surface area contributed by atoms with E-state index >= 15 is 0 Å². The Morgan fingerprint density at radius 1 is 0.950 bits per heavy atom. The normalized spacial score (nSPS) is 13.3. The molecule has 0 bridgehead atoms. The van der Waals surface area contributed by atoms with Crippen LogP contribution in [0, 0.1) is 0 Å². The zero-order chi connectivity index (χ0) is 14.9. The van der Waals surface area contributed by atoms with Crippen LogP contribution in [-0.2, 0) is 5.41 Å². The van der Waals surface area contributed by atoms with E-state index in [9.17, 15) is 0 Å². The van der Waals surface area contributed by atoms with Crippen LogP contribution in [0.3, 0.4) is 0 Å². The van der Waals surface area contributed by atoms with E-state index in [1.54, 1.807) is 0 Å². The molecular weight excluding hydrogens is 399 g/mol. The van der Waals surface area contributed by atoms with Gasteiger partial charge in [0.15, 0.2) is 0 Å². The van der Waals surface area contributed by atoms with Crippen molar-refractivity contribution in [2.24, 2.45) is 0 Å². The molecule has 106 valence electrons. The van der Waals surface area contributed by atoms with Crippen LogP contribution in [0.2, 0.25) is 0 Å². The van der Waals surface area contributed by atoms with E-state index in [1.165, 1.54) is 5.56 Å². The van der Waals surface area contributed by atoms with Crippen LogP contribution < -0.4 is 0 Å². The average molecular weight is 417 g/mol. The summed E-state index contributed by atoms with van der Waals surface area (Å²) >= 11 is 13.7. The Bertz CT molecular complexity index is 597. The van der Waals surface area contributed by atoms with E-state index in [4.69, 9.17) is 11.6 Å². The first-order valence-electron chi connectivity index (χ1n) is 6.48. The minimum absolute atomic E-state index is 0.157. The van der Waals surface area contributed by atoms with Crippen LogP contribution in [0.4, 0.5) is 0 Å². The van der Waals surface area contributed by atoms with E-state index < -0.39 is 0 Å². The maximum Gasteiger partial charge on any atom is 0.0846 e. The predicted molar refractivity (Wildman–Crippen MR) is 94.7 cm³/mol. The summed E-state index contributed by atoms with van der Waals surface area (Å²) in [6, 6.07) is 14.6. The maximum atomic E-state index is 6.62. The van der Waals surface area contributed by atoms with E-state index in [2.05, 4.69) is 83.0 Å². The molecule has 2 rings (SSSR count). The Kier molecular flexibility index (Phi) is 4.99. The summed E-state index contributed by atoms with van der Waals surface area (Å²) in [7, 11) is 0. The lowest BCUT2D eigenvalue weighted by Gasteiger charge is -2.20. The molecule has 0 saturated carbocycles. The number of rotatable bonds is 2. The molecule has 0 radical (unpaired) electrons. The van der Waals surface area contributed by atoms with Gasteiger partial charge in [0, 0.05) is 8.95 Å². The van der Waals surface area contributed by atoms with Crippen LogP contribution in [-0.4, -0.2) is 0 Å². The molecule has 1 atom stereocenters. The number of alkyl halides is 1. The summed E-state index contributed by atoms with van der Waals surface area (Å²) in [5.74, 6) is 0. The van der Waals surface area contributed by atoms with Crippen LogP contribution in [0.5, 0.6) is 0 Å². The smallest absolute Gasteiger partial charge is 0.0846 e. The number of benzene rings is 2. The molecule has 2 aromatic rings. The fourth-order valence-corrected chi connectivity index (χ4v) is 3.35. The molecule has 0 saturated heterocycles. The van der Waals surface area contributed by atoms with Crippen LogP contribution in [0.25, 0.3) is 0 Å². The SMILES string of the molecule is CC(C)(C)c1ccc(C(Cl)c2cc(Br)ccc2Br)cc1. The molecule has 0 amide bonds. The second-order valence-corrected chi connectivity index (χ2v) is 8.11. The van der Waals surface area contributed by atoms with Gasteiger partial charge in [0.1, 0.15) is 0 Å². The average Bonchev–Trinajstić information content (AvgIpc) is 2.40. The molecule has 0 aliphatic heterocycles. The van der Waals surface area contributed by atoms with Gasteiger partial charge in [-0.05, 0) is 40.3 Å². The molecule has 2 aromatic carbocycles. The maximum absolute atomic E-state index is 6.62. The Hall–Kier alpha value is -0.310. The molecule has 3 heteroatoms. The van der Waals surface area contributed by atoms with Crippen molar-refractivity contribution >= 4 is 43.5 Å². The zero-order valence-corrected chi connectivity index (χ0v) is 15.7. The quantitative estimate of drug-likeness (QED) is 0.470. The Morgan fingerprint density at radius 2 is 1.55 bits per heavy atom. The van der Waals surface area contributed by atoms with Crippen molar-refractivity contribution < 1.29 is 0 Å². The largest absolute Gasteiger partial charge is 0.113 e. The first-order chi connectivity index (χ1) is 9.29. The van der Waals surface area contributed by atoms with E-state index in [0.29, 0.717) is 0 Å². The van der Waals surface area contributed by atoms with E-state index in [-0.39, 0.29) is 10.8 Å². The Morgan fingerprint density at radius 3 is 2.10 bits per heavy atom. The topological polar surface area (TPSA) is 0 Å². The standard InChI is InChI=1S/C17H17Br2Cl/c1-17(2,3)12-6-4-11(5-7-12)16(20)14-10-13(18)8-9-15(14)19/h4-10,16H,1-3H3. The van der Waals surface area contributed by atoms with Crippen molar-refractivity contribution in [3.05, 3.63) is 68.1 Å². The number of halogens is 3. The zero-order valence-electron chi connectivity index (χ0n) is 11.8. The molecule has 0 N–H and O–H groups in total. The minimum Gasteiger partial charge on any atom is -0.113 e. The Labute approximate surface area is 142 Å². The highest BCUT2D eigenvalue weighted by Gasteiger charge is 2.17. The highest BCUT2D eigenvalue weighted by atomic mass is 79.9. The van der Waals surface area contributed by atoms with Gasteiger partial charge < -0.3 is 0 Å². The van der Waals surface area contributed by atoms with Gasteiger partial charge in [0.25, 0.3) is 0 Å². The lowest BCUT2D eigenvalue weighted by atomic mass is 9.86. The molecule has 0 aliphatic carbocycles. The van der Waals surface area contributed by atoms with Gasteiger partial charge in [-0.2, -0.15) is 0 Å². The predicted octanol–water partition coefficient (Wildman–Crippen LogP) is 6.84. The second-order valence-electron chi connectivity index (χ2n) is 5.90. The summed E-state index contributed by atoms with van der Waals surface area (Å²) in [5, 5.41) is -0.157. The molecular formula is C17H17Br2Cl. The summed E-state index contributed by atoms with van der Waals surface area (Å²) in [6.07, 6.45) is 0. The summed E-state index contributed by atoms with van der Waals surface area (Å²) < 4.78 is 2.06. The van der Waals surface area contributed by atoms with E-state index in [0.717, 1.165) is 20.1 Å². The molecule has 0 spiro atoms. The molecule has 20 heavy (non-hydrogen) atoms. The number of hydrogen-bond donors (Lipinski definition) is 0. The van der Waals surface area contributed by atoms with Crippen molar-refractivity contribution in [1.29, 1.82) is 0 Å². The molecule has 0 heterocycles. The number of hydrogen-bond acceptors (Lipinski definition) is 0. The lowest BCUT2D eigenvalue weighted by Crippen LogP contribution is -2.10. The third kappa shape index (κ3) is 3.66. The Balaban J connectivity index is 2.34. The van der Waals surface area contributed by atoms with E-state index in [1.807, 2.05) is 12.1 Å². The van der Waals surface area contributed by atoms with Gasteiger partial charge in [-0.15, -0.1) is 11.6 Å².